The Morgan fingerprint density at radius 3 is 2.28 bits per heavy atom. The molecule has 2 heterocycles. The largest absolute Gasteiger partial charge is 0.472 e. The average Bonchev–Trinajstić information content (AvgIpc) is 3.07. The maximum atomic E-state index is 12.8. The molecule has 0 radical (unpaired) electrons. The Kier molecular flexibility index (Phi) is 8.97. The van der Waals surface area contributed by atoms with E-state index in [2.05, 4.69) is 15.0 Å². The summed E-state index contributed by atoms with van der Waals surface area (Å²) in [6, 6.07) is 6.91. The number of halogens is 4. The molecule has 2 aromatic heterocycles. The van der Waals surface area contributed by atoms with Crippen molar-refractivity contribution in [3.63, 3.8) is 0 Å². The molecule has 0 aliphatic rings. The molecule has 0 aliphatic carbocycles. The van der Waals surface area contributed by atoms with Crippen molar-refractivity contribution in [3.8, 4) is 17.3 Å². The summed E-state index contributed by atoms with van der Waals surface area (Å²) in [5, 5.41) is 0.0937. The van der Waals surface area contributed by atoms with Gasteiger partial charge >= 0.3 is 6.18 Å². The zero-order valence-corrected chi connectivity index (χ0v) is 18.1. The molecule has 3 rings (SSSR count). The minimum Gasteiger partial charge on any atom is -0.472 e. The zero-order valence-electron chi connectivity index (χ0n) is 16.4. The highest BCUT2D eigenvalue weighted by atomic mass is 35.5. The van der Waals surface area contributed by atoms with Crippen molar-refractivity contribution in [2.24, 2.45) is 7.05 Å². The van der Waals surface area contributed by atoms with Gasteiger partial charge < -0.3 is 9.30 Å². The molecule has 158 valence electrons. The van der Waals surface area contributed by atoms with E-state index in [0.29, 0.717) is 11.4 Å². The summed E-state index contributed by atoms with van der Waals surface area (Å²) in [5.41, 5.74) is 1.23. The first-order valence-electron chi connectivity index (χ1n) is 8.56. The molecule has 0 bridgehead atoms. The minimum absolute atomic E-state index is 0. The van der Waals surface area contributed by atoms with E-state index in [4.69, 9.17) is 16.3 Å². The van der Waals surface area contributed by atoms with E-state index < -0.39 is 11.9 Å². The van der Waals surface area contributed by atoms with Crippen LogP contribution >= 0.6 is 25.1 Å². The van der Waals surface area contributed by atoms with E-state index in [-0.39, 0.29) is 31.2 Å². The number of hydrogen-bond donors (Lipinski definition) is 0. The quantitative estimate of drug-likeness (QED) is 0.491. The number of imidazole rings is 1. The third kappa shape index (κ3) is 6.37. The molecule has 0 saturated carbocycles. The van der Waals surface area contributed by atoms with Gasteiger partial charge in [0.1, 0.15) is 12.4 Å². The maximum Gasteiger partial charge on any atom is 0.434 e. The first-order valence-corrected chi connectivity index (χ1v) is 8.93. The average molecular weight is 447 g/mol. The van der Waals surface area contributed by atoms with Crippen LogP contribution < -0.4 is 4.74 Å². The Balaban J connectivity index is 0.00000136. The second-order valence-electron chi connectivity index (χ2n) is 5.67. The van der Waals surface area contributed by atoms with E-state index in [9.17, 15) is 13.2 Å². The summed E-state index contributed by atoms with van der Waals surface area (Å²) in [6.07, 6.45) is -1.94. The van der Waals surface area contributed by atoms with Gasteiger partial charge in [-0.3, -0.25) is 0 Å². The van der Waals surface area contributed by atoms with Gasteiger partial charge in [0.25, 0.3) is 0 Å². The highest BCUT2D eigenvalue weighted by molar-refractivity contribution is 7.59. The lowest BCUT2D eigenvalue weighted by atomic mass is 10.1. The molecule has 5 nitrogen and oxygen atoms in total. The number of alkyl halides is 3. The summed E-state index contributed by atoms with van der Waals surface area (Å²) >= 11 is 5.74. The lowest BCUT2D eigenvalue weighted by Gasteiger charge is -2.08. The normalized spacial score (nSPS) is 10.6. The van der Waals surface area contributed by atoms with Crippen LogP contribution in [0, 0.1) is 6.92 Å². The van der Waals surface area contributed by atoms with Gasteiger partial charge in [0.15, 0.2) is 5.69 Å². The number of aromatic nitrogens is 4. The predicted octanol–water partition coefficient (Wildman–Crippen LogP) is 5.58. The minimum atomic E-state index is -4.47. The Morgan fingerprint density at radius 2 is 1.72 bits per heavy atom. The van der Waals surface area contributed by atoms with Gasteiger partial charge in [0.2, 0.25) is 11.2 Å². The Bertz CT molecular complexity index is 930. The van der Waals surface area contributed by atoms with Crippen LogP contribution in [0.1, 0.15) is 30.7 Å². The van der Waals surface area contributed by atoms with Crippen LogP contribution in [-0.4, -0.2) is 19.5 Å². The molecule has 10 heteroatoms. The maximum absolute atomic E-state index is 12.8. The van der Waals surface area contributed by atoms with Crippen molar-refractivity contribution in [3.05, 3.63) is 58.8 Å². The van der Waals surface area contributed by atoms with E-state index in [1.165, 1.54) is 11.6 Å². The van der Waals surface area contributed by atoms with Crippen molar-refractivity contribution in [1.29, 1.82) is 0 Å². The molecule has 0 fully saturated rings. The fraction of sp³-hybridized carbons (Fsp3) is 0.316. The van der Waals surface area contributed by atoms with Crippen LogP contribution in [0.3, 0.4) is 0 Å². The molecule has 0 aliphatic heterocycles. The third-order valence-corrected chi connectivity index (χ3v) is 3.83. The molecule has 0 amide bonds. The van der Waals surface area contributed by atoms with Gasteiger partial charge in [-0.15, -0.1) is 0 Å². The predicted molar refractivity (Wildman–Crippen MR) is 111 cm³/mol. The Labute approximate surface area is 179 Å². The lowest BCUT2D eigenvalue weighted by molar-refractivity contribution is -0.140. The molecule has 1 aromatic carbocycles. The Morgan fingerprint density at radius 1 is 1.10 bits per heavy atom. The van der Waals surface area contributed by atoms with E-state index in [1.807, 2.05) is 13.8 Å². The molecule has 0 N–H and O–H groups in total. The van der Waals surface area contributed by atoms with Gasteiger partial charge in [-0.05, 0) is 24.1 Å². The van der Waals surface area contributed by atoms with E-state index in [0.717, 1.165) is 17.3 Å². The van der Waals surface area contributed by atoms with Crippen LogP contribution in [0.25, 0.3) is 11.4 Å². The fourth-order valence-corrected chi connectivity index (χ4v) is 2.45. The SMILES string of the molecule is CC.Cc1cnc(Cl)nc1OCc1ccc(-c2nc(C(F)(F)F)cn2C)cc1.S. The second-order valence-corrected chi connectivity index (χ2v) is 6.01. The molecular formula is C19H22ClF3N4OS. The van der Waals surface area contributed by atoms with Crippen molar-refractivity contribution >= 4 is 25.1 Å². The zero-order chi connectivity index (χ0) is 20.9. The summed E-state index contributed by atoms with van der Waals surface area (Å²) < 4.78 is 45.3. The molecule has 0 atom stereocenters. The first-order chi connectivity index (χ1) is 13.2. The smallest absolute Gasteiger partial charge is 0.434 e. The number of ether oxygens (including phenoxy) is 1. The van der Waals surface area contributed by atoms with Gasteiger partial charge in [0, 0.05) is 30.6 Å². The van der Waals surface area contributed by atoms with Gasteiger partial charge in [-0.1, -0.05) is 38.1 Å². The molecule has 29 heavy (non-hydrogen) atoms. The second kappa shape index (κ2) is 10.5. The van der Waals surface area contributed by atoms with E-state index in [1.54, 1.807) is 37.4 Å². The van der Waals surface area contributed by atoms with Crippen molar-refractivity contribution in [2.45, 2.75) is 33.6 Å². The highest BCUT2D eigenvalue weighted by Crippen LogP contribution is 2.30. The lowest BCUT2D eigenvalue weighted by Crippen LogP contribution is -2.04. The van der Waals surface area contributed by atoms with Crippen LogP contribution in [-0.2, 0) is 19.8 Å². The molecule has 3 aromatic rings. The van der Waals surface area contributed by atoms with Gasteiger partial charge in [-0.25, -0.2) is 9.97 Å². The summed E-state index contributed by atoms with van der Waals surface area (Å²) in [5.74, 6) is 0.621. The standard InChI is InChI=1S/C17H14ClF3N4O.C2H6.H2S/c1-10-7-22-16(18)24-15(10)26-9-11-3-5-12(6-4-11)14-23-13(8-25(14)2)17(19,20)21;1-2;/h3-8H,9H2,1-2H3;1-2H3;1H2. The molecule has 0 unspecified atom stereocenters. The van der Waals surface area contributed by atoms with Crippen molar-refractivity contribution in [1.82, 2.24) is 19.5 Å². The number of rotatable bonds is 4. The molecule has 0 saturated heterocycles. The van der Waals surface area contributed by atoms with Gasteiger partial charge in [-0.2, -0.15) is 31.7 Å². The number of nitrogens with zero attached hydrogens (tertiary/aromatic N) is 4. The Hall–Kier alpha value is -2.26. The topological polar surface area (TPSA) is 52.8 Å². The van der Waals surface area contributed by atoms with Crippen LogP contribution in [0.15, 0.2) is 36.7 Å². The highest BCUT2D eigenvalue weighted by Gasteiger charge is 2.34. The monoisotopic (exact) mass is 446 g/mol. The number of hydrogen-bond acceptors (Lipinski definition) is 4. The fourth-order valence-electron chi connectivity index (χ4n) is 2.33. The summed E-state index contributed by atoms with van der Waals surface area (Å²) in [7, 11) is 1.52. The number of aryl methyl sites for hydroxylation is 2. The number of benzene rings is 1. The van der Waals surface area contributed by atoms with Crippen LogP contribution in [0.5, 0.6) is 5.88 Å². The third-order valence-electron chi connectivity index (χ3n) is 3.65. The van der Waals surface area contributed by atoms with E-state index >= 15 is 0 Å². The van der Waals surface area contributed by atoms with Crippen LogP contribution in [0.2, 0.25) is 5.28 Å². The van der Waals surface area contributed by atoms with Gasteiger partial charge in [0.05, 0.1) is 0 Å². The van der Waals surface area contributed by atoms with Crippen molar-refractivity contribution < 1.29 is 17.9 Å². The molecule has 0 spiro atoms. The van der Waals surface area contributed by atoms with Crippen LogP contribution in [0.4, 0.5) is 13.2 Å². The van der Waals surface area contributed by atoms with Crippen molar-refractivity contribution in [2.75, 3.05) is 0 Å². The summed E-state index contributed by atoms with van der Waals surface area (Å²) in [6.45, 7) is 6.04. The summed E-state index contributed by atoms with van der Waals surface area (Å²) in [4.78, 5) is 11.5. The molecular weight excluding hydrogens is 425 g/mol. The first kappa shape index (κ1) is 24.8.